The summed E-state index contributed by atoms with van der Waals surface area (Å²) in [6.45, 7) is 4.32. The molecule has 0 aromatic carbocycles. The van der Waals surface area contributed by atoms with Gasteiger partial charge in [-0.3, -0.25) is 0 Å². The first-order chi connectivity index (χ1) is 6.72. The molecule has 7 heteroatoms. The zero-order valence-corrected chi connectivity index (χ0v) is 7.58. The molecule has 0 aliphatic carbocycles. The van der Waals surface area contributed by atoms with Gasteiger partial charge < -0.3 is 9.84 Å². The Bertz CT molecular complexity index is 245. The number of hydrogen-bond donors (Lipinski definition) is 1. The maximum Gasteiger partial charge on any atom is 0.422 e. The Kier molecular flexibility index (Phi) is 7.94. The average Bonchev–Trinajstić information content (AvgIpc) is 2.14. The van der Waals surface area contributed by atoms with Crippen molar-refractivity contribution in [1.82, 2.24) is 0 Å². The van der Waals surface area contributed by atoms with Gasteiger partial charge in [0.15, 0.2) is 6.61 Å². The molecule has 0 amide bonds. The maximum absolute atomic E-state index is 11.2. The number of carbonyl (C=O) groups excluding carboxylic acids is 1. The van der Waals surface area contributed by atoms with E-state index in [0.717, 1.165) is 6.08 Å². The van der Waals surface area contributed by atoms with Crippen LogP contribution in [0.1, 0.15) is 0 Å². The van der Waals surface area contributed by atoms with Gasteiger partial charge in [0.1, 0.15) is 0 Å². The van der Waals surface area contributed by atoms with Gasteiger partial charge in [-0.25, -0.2) is 9.59 Å². The molecule has 0 unspecified atom stereocenters. The molecule has 0 rings (SSSR count). The highest BCUT2D eigenvalue weighted by molar-refractivity contribution is 5.81. The largest absolute Gasteiger partial charge is 0.478 e. The van der Waals surface area contributed by atoms with Gasteiger partial charge >= 0.3 is 18.1 Å². The number of aliphatic carboxylic acids is 1. The van der Waals surface area contributed by atoms with E-state index < -0.39 is 24.7 Å². The summed E-state index contributed by atoms with van der Waals surface area (Å²) in [5, 5.41) is 7.60. The zero-order chi connectivity index (χ0) is 12.5. The fraction of sp³-hybridized carbons (Fsp3) is 0.250. The molecule has 0 aromatic heterocycles. The molecule has 0 saturated heterocycles. The van der Waals surface area contributed by atoms with Crippen molar-refractivity contribution in [3.63, 3.8) is 0 Å². The summed E-state index contributed by atoms with van der Waals surface area (Å²) in [5.41, 5.74) is 0. The minimum atomic E-state index is -4.46. The van der Waals surface area contributed by atoms with Crippen molar-refractivity contribution in [2.75, 3.05) is 6.61 Å². The summed E-state index contributed by atoms with van der Waals surface area (Å²) in [5.74, 6) is -2.05. The monoisotopic (exact) mass is 226 g/mol. The molecular weight excluding hydrogens is 217 g/mol. The Morgan fingerprint density at radius 2 is 1.67 bits per heavy atom. The predicted molar refractivity (Wildman–Crippen MR) is 45.0 cm³/mol. The number of halogens is 3. The van der Waals surface area contributed by atoms with Crippen molar-refractivity contribution in [3.05, 3.63) is 25.3 Å². The predicted octanol–water partition coefficient (Wildman–Crippen LogP) is 1.53. The van der Waals surface area contributed by atoms with Crippen LogP contribution in [0.3, 0.4) is 0 Å². The summed E-state index contributed by atoms with van der Waals surface area (Å²) in [7, 11) is 0. The Balaban J connectivity index is 0. The van der Waals surface area contributed by atoms with Crippen LogP contribution in [0.4, 0.5) is 13.2 Å². The SMILES string of the molecule is C=CC(=O)O.C=CC(=O)OCC(F)(F)F. The lowest BCUT2D eigenvalue weighted by Crippen LogP contribution is -2.19. The van der Waals surface area contributed by atoms with Crippen molar-refractivity contribution in [1.29, 1.82) is 0 Å². The highest BCUT2D eigenvalue weighted by Gasteiger charge is 2.28. The Morgan fingerprint density at radius 3 is 1.87 bits per heavy atom. The summed E-state index contributed by atoms with van der Waals surface area (Å²) >= 11 is 0. The van der Waals surface area contributed by atoms with E-state index in [1.807, 2.05) is 0 Å². The van der Waals surface area contributed by atoms with E-state index in [-0.39, 0.29) is 0 Å². The molecule has 0 spiro atoms. The van der Waals surface area contributed by atoms with Gasteiger partial charge in [-0.1, -0.05) is 13.2 Å². The van der Waals surface area contributed by atoms with Crippen LogP contribution in [-0.4, -0.2) is 29.8 Å². The molecule has 0 heterocycles. The minimum absolute atomic E-state index is 0.672. The summed E-state index contributed by atoms with van der Waals surface area (Å²) in [6, 6.07) is 0. The Labute approximate surface area is 83.6 Å². The number of ether oxygens (including phenoxy) is 1. The molecule has 0 aliphatic heterocycles. The quantitative estimate of drug-likeness (QED) is 0.585. The molecule has 4 nitrogen and oxygen atoms in total. The Hall–Kier alpha value is -1.79. The molecule has 0 fully saturated rings. The molecule has 0 radical (unpaired) electrons. The number of alkyl halides is 3. The van der Waals surface area contributed by atoms with Crippen LogP contribution in [-0.2, 0) is 14.3 Å². The third-order valence-electron chi connectivity index (χ3n) is 0.719. The molecule has 86 valence electrons. The molecule has 1 N–H and O–H groups in total. The molecule has 0 saturated carbocycles. The highest BCUT2D eigenvalue weighted by Crippen LogP contribution is 2.14. The van der Waals surface area contributed by atoms with Crippen LogP contribution >= 0.6 is 0 Å². The number of carbonyl (C=O) groups is 2. The van der Waals surface area contributed by atoms with E-state index in [1.165, 1.54) is 0 Å². The molecule has 15 heavy (non-hydrogen) atoms. The normalized spacial score (nSPS) is 9.27. The summed E-state index contributed by atoms with van der Waals surface area (Å²) in [6.07, 6.45) is -2.95. The number of rotatable bonds is 3. The second kappa shape index (κ2) is 7.60. The van der Waals surface area contributed by atoms with Crippen LogP contribution in [0.25, 0.3) is 0 Å². The second-order valence-electron chi connectivity index (χ2n) is 1.97. The number of carboxylic acid groups (broad SMARTS) is 1. The first kappa shape index (κ1) is 15.7. The van der Waals surface area contributed by atoms with Crippen LogP contribution in [0, 0.1) is 0 Å². The smallest absolute Gasteiger partial charge is 0.422 e. The zero-order valence-electron chi connectivity index (χ0n) is 7.58. The van der Waals surface area contributed by atoms with Crippen molar-refractivity contribution in [2.45, 2.75) is 6.18 Å². The van der Waals surface area contributed by atoms with Crippen LogP contribution in [0.2, 0.25) is 0 Å². The van der Waals surface area contributed by atoms with Gasteiger partial charge in [-0.2, -0.15) is 13.2 Å². The number of esters is 1. The second-order valence-corrected chi connectivity index (χ2v) is 1.97. The third kappa shape index (κ3) is 18.9. The average molecular weight is 226 g/mol. The van der Waals surface area contributed by atoms with Crippen molar-refractivity contribution < 1.29 is 32.6 Å². The third-order valence-corrected chi connectivity index (χ3v) is 0.719. The molecule has 0 aromatic rings. The fourth-order valence-corrected chi connectivity index (χ4v) is 0.212. The van der Waals surface area contributed by atoms with E-state index in [2.05, 4.69) is 17.9 Å². The lowest BCUT2D eigenvalue weighted by Gasteiger charge is -2.04. The molecule has 0 bridgehead atoms. The van der Waals surface area contributed by atoms with Gasteiger partial charge in [-0.05, 0) is 0 Å². The fourth-order valence-electron chi connectivity index (χ4n) is 0.212. The standard InChI is InChI=1S/C5H5F3O2.C3H4O2/c1-2-4(9)10-3-5(6,7)8;1-2-3(4)5/h2H,1,3H2;2H,1H2,(H,4,5). The maximum atomic E-state index is 11.2. The molecule has 0 atom stereocenters. The Morgan fingerprint density at radius 1 is 1.27 bits per heavy atom. The minimum Gasteiger partial charge on any atom is -0.478 e. The van der Waals surface area contributed by atoms with E-state index in [4.69, 9.17) is 5.11 Å². The van der Waals surface area contributed by atoms with Gasteiger partial charge in [-0.15, -0.1) is 0 Å². The van der Waals surface area contributed by atoms with Crippen LogP contribution in [0.15, 0.2) is 25.3 Å². The molecule has 0 aliphatic rings. The van der Waals surface area contributed by atoms with Gasteiger partial charge in [0, 0.05) is 12.2 Å². The summed E-state index contributed by atoms with van der Waals surface area (Å²) < 4.78 is 37.4. The van der Waals surface area contributed by atoms with Crippen molar-refractivity contribution in [2.24, 2.45) is 0 Å². The van der Waals surface area contributed by atoms with Crippen molar-refractivity contribution >= 4 is 11.9 Å². The van der Waals surface area contributed by atoms with Crippen molar-refractivity contribution in [3.8, 4) is 0 Å². The first-order valence-corrected chi connectivity index (χ1v) is 3.44. The lowest BCUT2D eigenvalue weighted by atomic mass is 10.6. The lowest BCUT2D eigenvalue weighted by molar-refractivity contribution is -0.182. The van der Waals surface area contributed by atoms with E-state index in [9.17, 15) is 22.8 Å². The molecular formula is C8H9F3O4. The van der Waals surface area contributed by atoms with Gasteiger partial charge in [0.25, 0.3) is 0 Å². The summed E-state index contributed by atoms with van der Waals surface area (Å²) in [4.78, 5) is 19.3. The van der Waals surface area contributed by atoms with Crippen LogP contribution in [0.5, 0.6) is 0 Å². The first-order valence-electron chi connectivity index (χ1n) is 3.44. The van der Waals surface area contributed by atoms with Gasteiger partial charge in [0.2, 0.25) is 0 Å². The number of hydrogen-bond acceptors (Lipinski definition) is 3. The van der Waals surface area contributed by atoms with E-state index in [0.29, 0.717) is 6.08 Å². The van der Waals surface area contributed by atoms with Crippen LogP contribution < -0.4 is 0 Å². The van der Waals surface area contributed by atoms with E-state index >= 15 is 0 Å². The topological polar surface area (TPSA) is 63.6 Å². The highest BCUT2D eigenvalue weighted by atomic mass is 19.4. The van der Waals surface area contributed by atoms with Gasteiger partial charge in [0.05, 0.1) is 0 Å². The van der Waals surface area contributed by atoms with E-state index in [1.54, 1.807) is 0 Å². The number of carboxylic acids is 1.